The molecule has 0 bridgehead atoms. The van der Waals surface area contributed by atoms with Crippen LogP contribution in [0, 0.1) is 11.7 Å². The van der Waals surface area contributed by atoms with Gasteiger partial charge in [0, 0.05) is 25.2 Å². The molecule has 1 N–H and O–H groups in total. The Labute approximate surface area is 148 Å². The molecule has 1 aliphatic heterocycles. The average molecular weight is 383 g/mol. The van der Waals surface area contributed by atoms with Crippen molar-refractivity contribution in [2.45, 2.75) is 17.7 Å². The van der Waals surface area contributed by atoms with Crippen molar-refractivity contribution in [2.24, 2.45) is 5.92 Å². The second-order valence-corrected chi connectivity index (χ2v) is 7.45. The second-order valence-electron chi connectivity index (χ2n) is 5.54. The fourth-order valence-corrected chi connectivity index (χ4v) is 4.35. The molecule has 0 spiro atoms. The molecule has 6 nitrogen and oxygen atoms in total. The zero-order chi connectivity index (χ0) is 17.0. The van der Waals surface area contributed by atoms with Gasteiger partial charge in [0.2, 0.25) is 10.0 Å². The van der Waals surface area contributed by atoms with Crippen molar-refractivity contribution in [2.75, 3.05) is 40.9 Å². The van der Waals surface area contributed by atoms with Gasteiger partial charge in [0.05, 0.1) is 14.2 Å². The molecule has 0 amide bonds. The van der Waals surface area contributed by atoms with Gasteiger partial charge >= 0.3 is 0 Å². The van der Waals surface area contributed by atoms with E-state index in [-0.39, 0.29) is 28.8 Å². The number of sulfonamides is 1. The molecular weight excluding hydrogens is 359 g/mol. The van der Waals surface area contributed by atoms with Crippen LogP contribution in [0.1, 0.15) is 12.8 Å². The van der Waals surface area contributed by atoms with Gasteiger partial charge in [-0.05, 0) is 32.4 Å². The maximum Gasteiger partial charge on any atom is 0.246 e. The van der Waals surface area contributed by atoms with Crippen molar-refractivity contribution >= 4 is 22.4 Å². The van der Waals surface area contributed by atoms with Gasteiger partial charge in [-0.25, -0.2) is 12.8 Å². The second kappa shape index (κ2) is 8.84. The first kappa shape index (κ1) is 21.0. The minimum atomic E-state index is -3.89. The lowest BCUT2D eigenvalue weighted by Crippen LogP contribution is -2.40. The van der Waals surface area contributed by atoms with E-state index in [2.05, 4.69) is 5.32 Å². The molecule has 1 saturated heterocycles. The average Bonchev–Trinajstić information content (AvgIpc) is 2.55. The molecule has 1 aromatic rings. The van der Waals surface area contributed by atoms with Gasteiger partial charge in [0.25, 0.3) is 0 Å². The highest BCUT2D eigenvalue weighted by molar-refractivity contribution is 7.89. The van der Waals surface area contributed by atoms with Crippen LogP contribution in [0.15, 0.2) is 17.0 Å². The number of hydrogen-bond acceptors (Lipinski definition) is 5. The number of ether oxygens (including phenoxy) is 2. The first-order chi connectivity index (χ1) is 10.9. The Balaban J connectivity index is 0.00000288. The SMILES string of the molecule is CNCC1CCN(S(=O)(=O)c2cc(OC)c(OC)cc2F)CC1.Cl. The van der Waals surface area contributed by atoms with E-state index in [4.69, 9.17) is 9.47 Å². The third-order valence-electron chi connectivity index (χ3n) is 4.12. The van der Waals surface area contributed by atoms with E-state index in [1.54, 1.807) is 0 Å². The summed E-state index contributed by atoms with van der Waals surface area (Å²) in [5.41, 5.74) is 0. The molecule has 0 aromatic heterocycles. The van der Waals surface area contributed by atoms with E-state index < -0.39 is 15.8 Å². The first-order valence-electron chi connectivity index (χ1n) is 7.50. The van der Waals surface area contributed by atoms with Crippen molar-refractivity contribution in [3.63, 3.8) is 0 Å². The van der Waals surface area contributed by atoms with Crippen LogP contribution in [0.2, 0.25) is 0 Å². The predicted molar refractivity (Wildman–Crippen MR) is 92.2 cm³/mol. The minimum Gasteiger partial charge on any atom is -0.493 e. The Morgan fingerprint density at radius 3 is 2.25 bits per heavy atom. The van der Waals surface area contributed by atoms with Gasteiger partial charge in [-0.2, -0.15) is 4.31 Å². The molecule has 138 valence electrons. The minimum absolute atomic E-state index is 0. The van der Waals surface area contributed by atoms with Gasteiger partial charge in [-0.1, -0.05) is 0 Å². The largest absolute Gasteiger partial charge is 0.493 e. The van der Waals surface area contributed by atoms with E-state index in [1.807, 2.05) is 7.05 Å². The van der Waals surface area contributed by atoms with Crippen molar-refractivity contribution in [1.82, 2.24) is 9.62 Å². The molecule has 9 heteroatoms. The summed E-state index contributed by atoms with van der Waals surface area (Å²) < 4.78 is 51.1. The molecule has 0 radical (unpaired) electrons. The first-order valence-corrected chi connectivity index (χ1v) is 8.94. The van der Waals surface area contributed by atoms with Crippen molar-refractivity contribution in [3.8, 4) is 11.5 Å². The third-order valence-corrected chi connectivity index (χ3v) is 6.04. The Kier molecular flexibility index (Phi) is 7.72. The highest BCUT2D eigenvalue weighted by atomic mass is 35.5. The Hall–Kier alpha value is -1.09. The Bertz CT molecular complexity index is 649. The predicted octanol–water partition coefficient (Wildman–Crippen LogP) is 1.88. The molecule has 1 aliphatic rings. The maximum atomic E-state index is 14.3. The van der Waals surface area contributed by atoms with E-state index in [0.29, 0.717) is 19.0 Å². The zero-order valence-corrected chi connectivity index (χ0v) is 15.7. The molecule has 0 saturated carbocycles. The van der Waals surface area contributed by atoms with Crippen LogP contribution in [0.4, 0.5) is 4.39 Å². The molecule has 24 heavy (non-hydrogen) atoms. The summed E-state index contributed by atoms with van der Waals surface area (Å²) in [7, 11) is 0.748. The summed E-state index contributed by atoms with van der Waals surface area (Å²) in [6.07, 6.45) is 1.52. The molecule has 1 aromatic carbocycles. The standard InChI is InChI=1S/C15H23FN2O4S.ClH/c1-17-10-11-4-6-18(7-5-11)23(19,20)15-9-14(22-3)13(21-2)8-12(15)16;/h8-9,11,17H,4-7,10H2,1-3H3;1H. The van der Waals surface area contributed by atoms with Crippen molar-refractivity contribution in [1.29, 1.82) is 0 Å². The smallest absolute Gasteiger partial charge is 0.246 e. The maximum absolute atomic E-state index is 14.3. The van der Waals surface area contributed by atoms with Gasteiger partial charge in [0.15, 0.2) is 11.5 Å². The Morgan fingerprint density at radius 2 is 1.75 bits per heavy atom. The fourth-order valence-electron chi connectivity index (χ4n) is 2.81. The van der Waals surface area contributed by atoms with E-state index >= 15 is 0 Å². The summed E-state index contributed by atoms with van der Waals surface area (Å²) in [5.74, 6) is -0.0316. The highest BCUT2D eigenvalue weighted by Crippen LogP contribution is 2.34. The molecular formula is C15H24ClFN2O4S. The lowest BCUT2D eigenvalue weighted by molar-refractivity contribution is 0.270. The molecule has 2 rings (SSSR count). The van der Waals surface area contributed by atoms with E-state index in [0.717, 1.165) is 25.5 Å². The van der Waals surface area contributed by atoms with Gasteiger partial charge in [-0.3, -0.25) is 0 Å². The number of benzene rings is 1. The number of piperidine rings is 1. The molecule has 0 aliphatic carbocycles. The highest BCUT2D eigenvalue weighted by Gasteiger charge is 2.32. The van der Waals surface area contributed by atoms with Crippen LogP contribution < -0.4 is 14.8 Å². The molecule has 0 unspecified atom stereocenters. The summed E-state index contributed by atoms with van der Waals surface area (Å²) >= 11 is 0. The number of rotatable bonds is 6. The number of hydrogen-bond donors (Lipinski definition) is 1. The summed E-state index contributed by atoms with van der Waals surface area (Å²) in [4.78, 5) is -0.373. The monoisotopic (exact) mass is 382 g/mol. The van der Waals surface area contributed by atoms with Crippen molar-refractivity contribution < 1.29 is 22.3 Å². The summed E-state index contributed by atoms with van der Waals surface area (Å²) in [5, 5.41) is 3.10. The van der Waals surface area contributed by atoms with Gasteiger partial charge in [-0.15, -0.1) is 12.4 Å². The zero-order valence-electron chi connectivity index (χ0n) is 14.0. The number of nitrogens with zero attached hydrogens (tertiary/aromatic N) is 1. The number of halogens is 2. The van der Waals surface area contributed by atoms with Crippen LogP contribution in [0.3, 0.4) is 0 Å². The van der Waals surface area contributed by atoms with Crippen LogP contribution in [-0.4, -0.2) is 53.6 Å². The van der Waals surface area contributed by atoms with Crippen LogP contribution in [0.25, 0.3) is 0 Å². The topological polar surface area (TPSA) is 67.9 Å². The quantitative estimate of drug-likeness (QED) is 0.813. The Morgan fingerprint density at radius 1 is 1.21 bits per heavy atom. The van der Waals surface area contributed by atoms with Crippen LogP contribution in [-0.2, 0) is 10.0 Å². The molecule has 1 heterocycles. The normalized spacial score (nSPS) is 16.5. The molecule has 1 fully saturated rings. The van der Waals surface area contributed by atoms with Crippen molar-refractivity contribution in [3.05, 3.63) is 17.9 Å². The number of methoxy groups -OCH3 is 2. The van der Waals surface area contributed by atoms with Crippen LogP contribution in [0.5, 0.6) is 11.5 Å². The van der Waals surface area contributed by atoms with Crippen LogP contribution >= 0.6 is 12.4 Å². The summed E-state index contributed by atoms with van der Waals surface area (Å²) in [6.45, 7) is 1.64. The lowest BCUT2D eigenvalue weighted by atomic mass is 9.98. The number of nitrogens with one attached hydrogen (secondary N) is 1. The summed E-state index contributed by atoms with van der Waals surface area (Å²) in [6, 6.07) is 2.22. The third kappa shape index (κ3) is 4.30. The lowest BCUT2D eigenvalue weighted by Gasteiger charge is -2.31. The molecule has 0 atom stereocenters. The van der Waals surface area contributed by atoms with E-state index in [1.165, 1.54) is 24.6 Å². The van der Waals surface area contributed by atoms with Gasteiger partial charge in [0.1, 0.15) is 10.7 Å². The van der Waals surface area contributed by atoms with E-state index in [9.17, 15) is 12.8 Å². The fraction of sp³-hybridized carbons (Fsp3) is 0.600. The van der Waals surface area contributed by atoms with Gasteiger partial charge < -0.3 is 14.8 Å².